The first-order valence-electron chi connectivity index (χ1n) is 5.95. The van der Waals surface area contributed by atoms with E-state index < -0.39 is 0 Å². The topological polar surface area (TPSA) is 85.4 Å². The van der Waals surface area contributed by atoms with Crippen LogP contribution in [-0.4, -0.2) is 19.5 Å². The maximum absolute atomic E-state index is 10.6. The molecule has 0 aliphatic heterocycles. The smallest absolute Gasteiger partial charge is 0.306 e. The summed E-state index contributed by atoms with van der Waals surface area (Å²) in [5, 5.41) is 23.9. The largest absolute Gasteiger partial charge is 0.324 e. The van der Waals surface area contributed by atoms with Crippen LogP contribution >= 0.6 is 11.3 Å². The van der Waals surface area contributed by atoms with Gasteiger partial charge in [-0.1, -0.05) is 17.4 Å². The molecule has 0 amide bonds. The Labute approximate surface area is 118 Å². The van der Waals surface area contributed by atoms with Crippen molar-refractivity contribution >= 4 is 22.0 Å². The van der Waals surface area contributed by atoms with E-state index in [1.54, 1.807) is 11.4 Å². The molecule has 3 heterocycles. The molecule has 7 nitrogen and oxygen atoms in total. The first-order chi connectivity index (χ1) is 9.74. The molecule has 3 aromatic rings. The zero-order chi connectivity index (χ0) is 13.9. The number of aromatic nitrogens is 3. The number of fused-ring (bicyclic) bond motifs is 1. The van der Waals surface area contributed by atoms with Crippen molar-refractivity contribution in [2.24, 2.45) is 0 Å². The monoisotopic (exact) mass is 289 g/mol. The molecule has 0 bridgehead atoms. The van der Waals surface area contributed by atoms with Crippen LogP contribution in [0, 0.1) is 10.1 Å². The summed E-state index contributed by atoms with van der Waals surface area (Å²) in [6.07, 6.45) is 1.90. The fraction of sp³-hybridized carbons (Fsp3) is 0.167. The van der Waals surface area contributed by atoms with Crippen LogP contribution in [-0.2, 0) is 13.1 Å². The van der Waals surface area contributed by atoms with Gasteiger partial charge >= 0.3 is 5.00 Å². The third kappa shape index (κ3) is 2.51. The summed E-state index contributed by atoms with van der Waals surface area (Å²) in [7, 11) is 0. The van der Waals surface area contributed by atoms with Crippen LogP contribution in [0.1, 0.15) is 11.4 Å². The van der Waals surface area contributed by atoms with Crippen LogP contribution in [0.5, 0.6) is 0 Å². The second-order valence-corrected chi connectivity index (χ2v) is 5.09. The summed E-state index contributed by atoms with van der Waals surface area (Å²) < 4.78 is 1.91. The fourth-order valence-corrected chi connectivity index (χ4v) is 2.61. The van der Waals surface area contributed by atoms with Crippen molar-refractivity contribution in [1.82, 2.24) is 19.9 Å². The molecule has 0 saturated heterocycles. The van der Waals surface area contributed by atoms with E-state index in [2.05, 4.69) is 15.5 Å². The van der Waals surface area contributed by atoms with Gasteiger partial charge in [-0.05, 0) is 17.7 Å². The summed E-state index contributed by atoms with van der Waals surface area (Å²) in [5.74, 6) is 0.810. The number of rotatable bonds is 5. The van der Waals surface area contributed by atoms with Crippen molar-refractivity contribution in [3.63, 3.8) is 0 Å². The van der Waals surface area contributed by atoms with Crippen LogP contribution in [0.15, 0.2) is 35.8 Å². The molecule has 8 heteroatoms. The lowest BCUT2D eigenvalue weighted by atomic mass is 10.3. The lowest BCUT2D eigenvalue weighted by Gasteiger charge is -2.01. The summed E-state index contributed by atoms with van der Waals surface area (Å²) in [4.78, 5) is 10.2. The molecule has 0 fully saturated rings. The Morgan fingerprint density at radius 1 is 1.35 bits per heavy atom. The Hall–Kier alpha value is -2.32. The third-order valence-electron chi connectivity index (χ3n) is 2.82. The van der Waals surface area contributed by atoms with Crippen LogP contribution < -0.4 is 5.32 Å². The normalized spacial score (nSPS) is 11.0. The van der Waals surface area contributed by atoms with Gasteiger partial charge in [0.15, 0.2) is 11.5 Å². The molecule has 3 aromatic heterocycles. The Kier molecular flexibility index (Phi) is 3.40. The standard InChI is InChI=1S/C12H11N5O2S/c18-17(19)12-5-9(8-20-12)6-13-7-11-15-14-10-3-1-2-4-16(10)11/h1-5,8,13H,6-7H2. The van der Waals surface area contributed by atoms with Gasteiger partial charge in [0.25, 0.3) is 0 Å². The average molecular weight is 289 g/mol. The van der Waals surface area contributed by atoms with Gasteiger partial charge in [0.2, 0.25) is 0 Å². The maximum Gasteiger partial charge on any atom is 0.324 e. The zero-order valence-corrected chi connectivity index (χ0v) is 11.2. The van der Waals surface area contributed by atoms with Gasteiger partial charge in [-0.15, -0.1) is 10.2 Å². The van der Waals surface area contributed by atoms with Crippen molar-refractivity contribution in [1.29, 1.82) is 0 Å². The van der Waals surface area contributed by atoms with Gasteiger partial charge in [-0.25, -0.2) is 0 Å². The SMILES string of the molecule is O=[N+]([O-])c1cc(CNCc2nnc3ccccn23)cs1. The van der Waals surface area contributed by atoms with Gasteiger partial charge < -0.3 is 5.32 Å². The molecule has 0 saturated carbocycles. The summed E-state index contributed by atoms with van der Waals surface area (Å²) in [6, 6.07) is 7.30. The molecule has 3 rings (SSSR count). The number of hydrogen-bond acceptors (Lipinski definition) is 6. The fourth-order valence-electron chi connectivity index (χ4n) is 1.88. The summed E-state index contributed by atoms with van der Waals surface area (Å²) in [6.45, 7) is 1.11. The quantitative estimate of drug-likeness (QED) is 0.573. The first kappa shape index (κ1) is 12.7. The molecule has 0 spiro atoms. The lowest BCUT2D eigenvalue weighted by molar-refractivity contribution is -0.380. The van der Waals surface area contributed by atoms with Gasteiger partial charge in [-0.2, -0.15) is 0 Å². The van der Waals surface area contributed by atoms with Crippen LogP contribution in [0.25, 0.3) is 5.65 Å². The Morgan fingerprint density at radius 3 is 3.05 bits per heavy atom. The van der Waals surface area contributed by atoms with Gasteiger partial charge in [-0.3, -0.25) is 14.5 Å². The van der Waals surface area contributed by atoms with Crippen LogP contribution in [0.3, 0.4) is 0 Å². The summed E-state index contributed by atoms with van der Waals surface area (Å²) in [5.41, 5.74) is 1.70. The second-order valence-electron chi connectivity index (χ2n) is 4.20. The highest BCUT2D eigenvalue weighted by Crippen LogP contribution is 2.22. The Balaban J connectivity index is 1.63. The van der Waals surface area contributed by atoms with E-state index in [1.165, 1.54) is 0 Å². The Bertz CT molecular complexity index is 751. The maximum atomic E-state index is 10.6. The van der Waals surface area contributed by atoms with Gasteiger partial charge in [0.1, 0.15) is 0 Å². The molecule has 0 atom stereocenters. The molecule has 20 heavy (non-hydrogen) atoms. The molecular weight excluding hydrogens is 278 g/mol. The minimum absolute atomic E-state index is 0.162. The minimum Gasteiger partial charge on any atom is -0.306 e. The molecular formula is C12H11N5O2S. The van der Waals surface area contributed by atoms with Gasteiger partial charge in [0, 0.05) is 24.2 Å². The van der Waals surface area contributed by atoms with E-state index in [9.17, 15) is 10.1 Å². The average Bonchev–Trinajstić information content (AvgIpc) is 3.06. The third-order valence-corrected chi connectivity index (χ3v) is 3.75. The molecule has 1 N–H and O–H groups in total. The van der Waals surface area contributed by atoms with Crippen molar-refractivity contribution in [2.45, 2.75) is 13.1 Å². The van der Waals surface area contributed by atoms with Crippen molar-refractivity contribution in [3.05, 3.63) is 57.3 Å². The first-order valence-corrected chi connectivity index (χ1v) is 6.83. The van der Waals surface area contributed by atoms with Crippen LogP contribution in [0.2, 0.25) is 0 Å². The molecule has 0 unspecified atom stereocenters. The zero-order valence-electron chi connectivity index (χ0n) is 10.4. The molecule has 0 radical (unpaired) electrons. The van der Waals surface area contributed by atoms with Crippen molar-refractivity contribution < 1.29 is 4.92 Å². The highest BCUT2D eigenvalue weighted by atomic mass is 32.1. The minimum atomic E-state index is -0.375. The summed E-state index contributed by atoms with van der Waals surface area (Å²) >= 11 is 1.14. The highest BCUT2D eigenvalue weighted by molar-refractivity contribution is 7.13. The van der Waals surface area contributed by atoms with E-state index in [4.69, 9.17) is 0 Å². The number of nitro groups is 1. The number of pyridine rings is 1. The van der Waals surface area contributed by atoms with E-state index in [0.717, 1.165) is 28.4 Å². The molecule has 0 aromatic carbocycles. The number of nitrogens with one attached hydrogen (secondary N) is 1. The van der Waals surface area contributed by atoms with E-state index in [1.807, 2.05) is 28.8 Å². The van der Waals surface area contributed by atoms with Gasteiger partial charge in [0.05, 0.1) is 11.5 Å². The molecule has 102 valence electrons. The number of hydrogen-bond donors (Lipinski definition) is 1. The highest BCUT2D eigenvalue weighted by Gasteiger charge is 2.09. The van der Waals surface area contributed by atoms with Crippen molar-refractivity contribution in [2.75, 3.05) is 0 Å². The van der Waals surface area contributed by atoms with E-state index in [0.29, 0.717) is 13.1 Å². The van der Waals surface area contributed by atoms with Crippen molar-refractivity contribution in [3.8, 4) is 0 Å². The van der Waals surface area contributed by atoms with E-state index in [-0.39, 0.29) is 9.92 Å². The molecule has 0 aliphatic carbocycles. The number of nitrogens with zero attached hydrogens (tertiary/aromatic N) is 4. The van der Waals surface area contributed by atoms with Crippen LogP contribution in [0.4, 0.5) is 5.00 Å². The second kappa shape index (κ2) is 5.35. The number of thiophene rings is 1. The predicted molar refractivity (Wildman–Crippen MR) is 74.5 cm³/mol. The van der Waals surface area contributed by atoms with E-state index >= 15 is 0 Å². The lowest BCUT2D eigenvalue weighted by Crippen LogP contribution is -2.14. The molecule has 0 aliphatic rings. The predicted octanol–water partition coefficient (Wildman–Crippen LogP) is 1.99. The Morgan fingerprint density at radius 2 is 2.25 bits per heavy atom.